The Labute approximate surface area is 140 Å². The molecule has 0 fully saturated rings. The Balaban J connectivity index is 2.18. The summed E-state index contributed by atoms with van der Waals surface area (Å²) in [6, 6.07) is 8.88. The van der Waals surface area contributed by atoms with E-state index < -0.39 is 0 Å². The molecule has 2 amide bonds. The number of thioether (sulfide) groups is 1. The molecule has 1 heterocycles. The molecule has 0 aliphatic heterocycles. The number of nitrogens with zero attached hydrogens (tertiary/aromatic N) is 2. The molecular formula is C16H21N5OS. The van der Waals surface area contributed by atoms with Gasteiger partial charge < -0.3 is 16.4 Å². The first-order chi connectivity index (χ1) is 11.0. The summed E-state index contributed by atoms with van der Waals surface area (Å²) in [6.07, 6.45) is 0. The lowest BCUT2D eigenvalue weighted by atomic mass is 10.2. The van der Waals surface area contributed by atoms with Crippen LogP contribution in [-0.2, 0) is 5.75 Å². The number of amides is 2. The van der Waals surface area contributed by atoms with E-state index in [2.05, 4.69) is 34.4 Å². The second kappa shape index (κ2) is 7.82. The van der Waals surface area contributed by atoms with Gasteiger partial charge in [-0.1, -0.05) is 13.8 Å². The van der Waals surface area contributed by atoms with E-state index in [-0.39, 0.29) is 6.03 Å². The van der Waals surface area contributed by atoms with Crippen LogP contribution in [0, 0.1) is 0 Å². The highest BCUT2D eigenvalue weighted by atomic mass is 32.2. The minimum atomic E-state index is -0.258. The SMILES string of the molecule is CNC(=O)Nc1ccc(-c2nc(N)cc(CSC(C)C)n2)cc1. The number of hydrogen-bond acceptors (Lipinski definition) is 5. The zero-order valence-corrected chi connectivity index (χ0v) is 14.3. The Morgan fingerprint density at radius 1 is 1.26 bits per heavy atom. The molecule has 6 nitrogen and oxygen atoms in total. The number of aromatic nitrogens is 2. The first-order valence-electron chi connectivity index (χ1n) is 7.32. The van der Waals surface area contributed by atoms with Crippen molar-refractivity contribution in [3.63, 3.8) is 0 Å². The van der Waals surface area contributed by atoms with Crippen LogP contribution < -0.4 is 16.4 Å². The molecule has 2 aromatic rings. The molecule has 1 aromatic heterocycles. The third-order valence-corrected chi connectivity index (χ3v) is 4.12. The Morgan fingerprint density at radius 3 is 2.57 bits per heavy atom. The Kier molecular flexibility index (Phi) is 5.81. The molecule has 0 saturated heterocycles. The lowest BCUT2D eigenvalue weighted by Crippen LogP contribution is -2.24. The average Bonchev–Trinajstić information content (AvgIpc) is 2.53. The fourth-order valence-corrected chi connectivity index (χ4v) is 2.52. The molecule has 122 valence electrons. The van der Waals surface area contributed by atoms with E-state index in [9.17, 15) is 4.79 Å². The summed E-state index contributed by atoms with van der Waals surface area (Å²) in [7, 11) is 1.57. The van der Waals surface area contributed by atoms with Gasteiger partial charge >= 0.3 is 6.03 Å². The van der Waals surface area contributed by atoms with Crippen LogP contribution in [0.25, 0.3) is 11.4 Å². The summed E-state index contributed by atoms with van der Waals surface area (Å²) in [5.41, 5.74) is 8.37. The summed E-state index contributed by atoms with van der Waals surface area (Å²) in [4.78, 5) is 20.2. The molecule has 23 heavy (non-hydrogen) atoms. The Morgan fingerprint density at radius 2 is 1.96 bits per heavy atom. The second-order valence-corrected chi connectivity index (χ2v) is 6.81. The number of rotatable bonds is 5. The molecule has 2 rings (SSSR count). The van der Waals surface area contributed by atoms with Gasteiger partial charge in [0.2, 0.25) is 0 Å². The van der Waals surface area contributed by atoms with Gasteiger partial charge in [-0.25, -0.2) is 14.8 Å². The number of nitrogens with two attached hydrogens (primary N) is 1. The summed E-state index contributed by atoms with van der Waals surface area (Å²) in [5, 5.41) is 5.74. The molecule has 4 N–H and O–H groups in total. The Bertz CT molecular complexity index is 673. The smallest absolute Gasteiger partial charge is 0.318 e. The summed E-state index contributed by atoms with van der Waals surface area (Å²) in [6.45, 7) is 4.29. The fraction of sp³-hybridized carbons (Fsp3) is 0.312. The average molecular weight is 331 g/mol. The molecule has 0 spiro atoms. The monoisotopic (exact) mass is 331 g/mol. The van der Waals surface area contributed by atoms with Gasteiger partial charge in [0.25, 0.3) is 0 Å². The number of carbonyl (C=O) groups is 1. The molecule has 0 aliphatic rings. The first kappa shape index (κ1) is 17.1. The fourth-order valence-electron chi connectivity index (χ4n) is 1.87. The third kappa shape index (κ3) is 5.14. The van der Waals surface area contributed by atoms with Crippen molar-refractivity contribution in [2.75, 3.05) is 18.1 Å². The maximum atomic E-state index is 11.3. The summed E-state index contributed by atoms with van der Waals surface area (Å²) < 4.78 is 0. The molecular weight excluding hydrogens is 310 g/mol. The Hall–Kier alpha value is -2.28. The molecule has 0 unspecified atom stereocenters. The van der Waals surface area contributed by atoms with Gasteiger partial charge in [0.15, 0.2) is 5.82 Å². The number of carbonyl (C=O) groups excluding carboxylic acids is 1. The number of nitrogen functional groups attached to an aromatic ring is 1. The van der Waals surface area contributed by atoms with Crippen molar-refractivity contribution in [3.8, 4) is 11.4 Å². The van der Waals surface area contributed by atoms with E-state index in [4.69, 9.17) is 5.73 Å². The highest BCUT2D eigenvalue weighted by molar-refractivity contribution is 7.99. The van der Waals surface area contributed by atoms with Gasteiger partial charge in [-0.2, -0.15) is 11.8 Å². The van der Waals surface area contributed by atoms with Crippen molar-refractivity contribution in [1.82, 2.24) is 15.3 Å². The van der Waals surface area contributed by atoms with Gasteiger partial charge in [-0.3, -0.25) is 0 Å². The lowest BCUT2D eigenvalue weighted by Gasteiger charge is -2.08. The topological polar surface area (TPSA) is 92.9 Å². The first-order valence-corrected chi connectivity index (χ1v) is 8.37. The number of hydrogen-bond donors (Lipinski definition) is 3. The second-order valence-electron chi connectivity index (χ2n) is 5.25. The van der Waals surface area contributed by atoms with Crippen LogP contribution in [0.1, 0.15) is 19.5 Å². The molecule has 7 heteroatoms. The molecule has 0 saturated carbocycles. The zero-order valence-electron chi connectivity index (χ0n) is 13.5. The highest BCUT2D eigenvalue weighted by Crippen LogP contribution is 2.22. The van der Waals surface area contributed by atoms with Crippen molar-refractivity contribution < 1.29 is 4.79 Å². The number of urea groups is 1. The van der Waals surface area contributed by atoms with Crippen LogP contribution in [0.4, 0.5) is 16.3 Å². The van der Waals surface area contributed by atoms with E-state index >= 15 is 0 Å². The maximum Gasteiger partial charge on any atom is 0.318 e. The van der Waals surface area contributed by atoms with Gasteiger partial charge in [-0.15, -0.1) is 0 Å². The largest absolute Gasteiger partial charge is 0.384 e. The molecule has 1 aromatic carbocycles. The van der Waals surface area contributed by atoms with Crippen molar-refractivity contribution >= 4 is 29.3 Å². The van der Waals surface area contributed by atoms with Crippen LogP contribution in [-0.4, -0.2) is 28.3 Å². The summed E-state index contributed by atoms with van der Waals surface area (Å²) >= 11 is 1.81. The van der Waals surface area contributed by atoms with Crippen LogP contribution in [0.15, 0.2) is 30.3 Å². The number of anilines is 2. The number of nitrogens with one attached hydrogen (secondary N) is 2. The zero-order chi connectivity index (χ0) is 16.8. The maximum absolute atomic E-state index is 11.3. The normalized spacial score (nSPS) is 10.6. The van der Waals surface area contributed by atoms with Crippen molar-refractivity contribution in [3.05, 3.63) is 36.0 Å². The van der Waals surface area contributed by atoms with Crippen molar-refractivity contribution in [2.24, 2.45) is 0 Å². The van der Waals surface area contributed by atoms with Crippen LogP contribution in [0.3, 0.4) is 0 Å². The molecule has 0 bridgehead atoms. The standard InChI is InChI=1S/C16H21N5OS/c1-10(2)23-9-13-8-14(17)21-15(19-13)11-4-6-12(7-5-11)20-16(22)18-3/h4-8,10H,9H2,1-3H3,(H2,17,19,21)(H2,18,20,22). The predicted molar refractivity (Wildman–Crippen MR) is 96.4 cm³/mol. The third-order valence-electron chi connectivity index (χ3n) is 2.99. The van der Waals surface area contributed by atoms with Crippen molar-refractivity contribution in [2.45, 2.75) is 24.9 Å². The van der Waals surface area contributed by atoms with Crippen molar-refractivity contribution in [1.29, 1.82) is 0 Å². The minimum Gasteiger partial charge on any atom is -0.384 e. The quantitative estimate of drug-likeness (QED) is 0.783. The van der Waals surface area contributed by atoms with Gasteiger partial charge in [0.1, 0.15) is 5.82 Å². The molecule has 0 radical (unpaired) electrons. The molecule has 0 atom stereocenters. The van der Waals surface area contributed by atoms with E-state index in [0.717, 1.165) is 17.0 Å². The van der Waals surface area contributed by atoms with Gasteiger partial charge in [0.05, 0.1) is 5.69 Å². The van der Waals surface area contributed by atoms with E-state index in [1.54, 1.807) is 25.2 Å². The van der Waals surface area contributed by atoms with E-state index in [1.165, 1.54) is 0 Å². The van der Waals surface area contributed by atoms with Gasteiger partial charge in [0, 0.05) is 30.1 Å². The minimum absolute atomic E-state index is 0.258. The van der Waals surface area contributed by atoms with Crippen LogP contribution >= 0.6 is 11.8 Å². The predicted octanol–water partition coefficient (Wildman–Crippen LogP) is 3.12. The lowest BCUT2D eigenvalue weighted by molar-refractivity contribution is 0.254. The van der Waals surface area contributed by atoms with Crippen LogP contribution in [0.2, 0.25) is 0 Å². The van der Waals surface area contributed by atoms with Crippen LogP contribution in [0.5, 0.6) is 0 Å². The highest BCUT2D eigenvalue weighted by Gasteiger charge is 2.07. The summed E-state index contributed by atoms with van der Waals surface area (Å²) in [5.74, 6) is 1.85. The van der Waals surface area contributed by atoms with E-state index in [1.807, 2.05) is 23.9 Å². The van der Waals surface area contributed by atoms with E-state index in [0.29, 0.717) is 22.6 Å². The van der Waals surface area contributed by atoms with Gasteiger partial charge in [-0.05, 0) is 29.5 Å². The molecule has 0 aliphatic carbocycles. The number of benzene rings is 1.